The van der Waals surface area contributed by atoms with Gasteiger partial charge in [-0.2, -0.15) is 28.1 Å². The van der Waals surface area contributed by atoms with Crippen LogP contribution in [0, 0.1) is 5.41 Å². The Labute approximate surface area is 305 Å². The summed E-state index contributed by atoms with van der Waals surface area (Å²) in [5, 5.41) is 9.07. The third kappa shape index (κ3) is 13.4. The fraction of sp³-hybridized carbons (Fsp3) is 0.486. The smallest absolute Gasteiger partial charge is 0.422 e. The van der Waals surface area contributed by atoms with Crippen LogP contribution in [-0.2, 0) is 20.9 Å². The van der Waals surface area contributed by atoms with E-state index in [9.17, 15) is 27.6 Å². The van der Waals surface area contributed by atoms with Gasteiger partial charge in [0.1, 0.15) is 11.4 Å². The highest BCUT2D eigenvalue weighted by molar-refractivity contribution is 6.32. The zero-order valence-corrected chi connectivity index (χ0v) is 30.4. The number of halogens is 4. The van der Waals surface area contributed by atoms with Gasteiger partial charge in [0.15, 0.2) is 6.61 Å². The van der Waals surface area contributed by atoms with E-state index >= 15 is 0 Å². The molecule has 0 atom stereocenters. The van der Waals surface area contributed by atoms with Crippen LogP contribution >= 0.6 is 11.6 Å². The summed E-state index contributed by atoms with van der Waals surface area (Å²) in [5.41, 5.74) is 0.238. The zero-order chi connectivity index (χ0) is 38.1. The van der Waals surface area contributed by atoms with Crippen molar-refractivity contribution in [3.63, 3.8) is 0 Å². The van der Waals surface area contributed by atoms with Crippen molar-refractivity contribution in [3.05, 3.63) is 58.6 Å². The number of amides is 2. The van der Waals surface area contributed by atoms with Gasteiger partial charge in [-0.15, -0.1) is 0 Å². The third-order valence-corrected chi connectivity index (χ3v) is 7.62. The highest BCUT2D eigenvalue weighted by Gasteiger charge is 2.30. The Morgan fingerprint density at radius 2 is 1.71 bits per heavy atom. The van der Waals surface area contributed by atoms with Gasteiger partial charge in [0.25, 0.3) is 5.91 Å². The van der Waals surface area contributed by atoms with Gasteiger partial charge in [-0.3, -0.25) is 14.4 Å². The molecule has 1 aromatic heterocycles. The Morgan fingerprint density at radius 1 is 1.00 bits per heavy atom. The molecule has 3 aromatic rings. The molecule has 0 spiro atoms. The number of anilines is 3. The van der Waals surface area contributed by atoms with Crippen molar-refractivity contribution >= 4 is 47.0 Å². The molecule has 3 N–H and O–H groups in total. The maximum atomic E-state index is 13.4. The van der Waals surface area contributed by atoms with Crippen molar-refractivity contribution in [1.82, 2.24) is 25.2 Å². The molecule has 0 unspecified atom stereocenters. The predicted octanol–water partition coefficient (Wildman–Crippen LogP) is 6.31. The molecule has 4 aliphatic heterocycles. The van der Waals surface area contributed by atoms with Gasteiger partial charge in [-0.1, -0.05) is 31.5 Å². The largest absolute Gasteiger partial charge is 0.492 e. The minimum atomic E-state index is -4.61. The maximum absolute atomic E-state index is 13.4. The maximum Gasteiger partial charge on any atom is 0.422 e. The lowest BCUT2D eigenvalue weighted by Crippen LogP contribution is -2.45. The Hall–Kier alpha value is -4.86. The Bertz CT molecular complexity index is 1720. The third-order valence-electron chi connectivity index (χ3n) is 7.32. The fourth-order valence-electron chi connectivity index (χ4n) is 4.97. The van der Waals surface area contributed by atoms with Gasteiger partial charge >= 0.3 is 18.2 Å². The second-order valence-electron chi connectivity index (χ2n) is 13.9. The molecule has 0 saturated heterocycles. The Kier molecular flexibility index (Phi) is 13.1. The number of carbonyl (C=O) groups excluding carboxylic acids is 3. The molecule has 5 heterocycles. The first-order valence-electron chi connectivity index (χ1n) is 16.6. The summed E-state index contributed by atoms with van der Waals surface area (Å²) in [5.74, 6) is -0.813. The lowest BCUT2D eigenvalue weighted by atomic mass is 9.92. The average molecular weight is 750 g/mol. The van der Waals surface area contributed by atoms with Crippen molar-refractivity contribution in [3.8, 4) is 11.8 Å². The standard InChI is InChI=1S/C35H43ClF3N7O6/c1-33(2,3)52-28(48)14-13-27(47)46-15-6-16-50-26-12-7-22(17-25(26)36)18-40-30-43-31(45-32(44-30)51-21-35(37,38)39)42-24-10-8-23(9-11-24)29(49)41-19-34(4,5)20-46/h7-12,17H,6,13-16,18-21H2,1-5H3,(H,41,49)(H2,40,42,43,44,45). The van der Waals surface area contributed by atoms with E-state index in [0.29, 0.717) is 40.6 Å². The first kappa shape index (κ1) is 39.9. The molecule has 282 valence electrons. The van der Waals surface area contributed by atoms with E-state index in [0.717, 1.165) is 0 Å². The van der Waals surface area contributed by atoms with Crippen LogP contribution < -0.4 is 25.4 Å². The van der Waals surface area contributed by atoms with Crippen LogP contribution in [0.25, 0.3) is 0 Å². The van der Waals surface area contributed by atoms with Crippen molar-refractivity contribution in [2.75, 3.05) is 43.5 Å². The van der Waals surface area contributed by atoms with Crippen molar-refractivity contribution in [2.24, 2.45) is 5.41 Å². The van der Waals surface area contributed by atoms with Gasteiger partial charge in [0.05, 0.1) is 18.1 Å². The number of aromatic nitrogens is 3. The minimum Gasteiger partial charge on any atom is -0.492 e. The summed E-state index contributed by atoms with van der Waals surface area (Å²) >= 11 is 6.51. The summed E-state index contributed by atoms with van der Waals surface area (Å²) in [4.78, 5) is 52.7. The molecule has 2 amide bonds. The van der Waals surface area contributed by atoms with Crippen LogP contribution in [0.4, 0.5) is 30.8 Å². The molecular formula is C35H43ClF3N7O6. The molecule has 2 aromatic carbocycles. The first-order chi connectivity index (χ1) is 24.3. The number of nitrogens with zero attached hydrogens (tertiary/aromatic N) is 4. The number of benzene rings is 2. The fourth-order valence-corrected chi connectivity index (χ4v) is 5.23. The summed E-state index contributed by atoms with van der Waals surface area (Å²) in [6, 6.07) is 10.8. The van der Waals surface area contributed by atoms with Crippen LogP contribution in [0.15, 0.2) is 42.5 Å². The van der Waals surface area contributed by atoms with Crippen LogP contribution in [-0.4, -0.2) is 82.3 Å². The van der Waals surface area contributed by atoms with E-state index in [-0.39, 0.29) is 62.8 Å². The lowest BCUT2D eigenvalue weighted by Gasteiger charge is -2.33. The topological polar surface area (TPSA) is 157 Å². The van der Waals surface area contributed by atoms with Crippen molar-refractivity contribution in [2.45, 2.75) is 72.2 Å². The average Bonchev–Trinajstić information content (AvgIpc) is 3.05. The summed E-state index contributed by atoms with van der Waals surface area (Å²) < 4.78 is 54.7. The summed E-state index contributed by atoms with van der Waals surface area (Å²) in [6.07, 6.45) is -4.27. The molecule has 0 aliphatic carbocycles. The molecule has 4 aliphatic rings. The number of esters is 1. The molecule has 17 heteroatoms. The highest BCUT2D eigenvalue weighted by atomic mass is 35.5. The number of nitrogens with one attached hydrogen (secondary N) is 3. The minimum absolute atomic E-state index is 0.0357. The first-order valence-corrected chi connectivity index (χ1v) is 17.0. The van der Waals surface area contributed by atoms with Gasteiger partial charge in [0, 0.05) is 43.9 Å². The molecule has 7 rings (SSSR count). The van der Waals surface area contributed by atoms with Crippen molar-refractivity contribution in [1.29, 1.82) is 0 Å². The highest BCUT2D eigenvalue weighted by Crippen LogP contribution is 2.27. The van der Waals surface area contributed by atoms with Crippen molar-refractivity contribution < 1.29 is 41.8 Å². The molecule has 0 saturated carbocycles. The molecular weight excluding hydrogens is 707 g/mol. The lowest BCUT2D eigenvalue weighted by molar-refractivity contribution is -0.156. The molecule has 52 heavy (non-hydrogen) atoms. The SMILES string of the molecule is CC1(C)CNC(=O)c2ccc(cc2)Nc2nc(nc(OCC(F)(F)F)n2)NCc2ccc(c(Cl)c2)OCCCN(C(=O)CCC(=O)OC(C)(C)C)C1. The van der Waals surface area contributed by atoms with Crippen LogP contribution in [0.1, 0.15) is 69.8 Å². The molecule has 0 radical (unpaired) electrons. The number of carbonyl (C=O) groups is 3. The van der Waals surface area contributed by atoms with E-state index < -0.39 is 35.8 Å². The normalized spacial score (nSPS) is 15.7. The van der Waals surface area contributed by atoms with E-state index in [1.54, 1.807) is 68.1 Å². The van der Waals surface area contributed by atoms with Crippen LogP contribution in [0.5, 0.6) is 11.8 Å². The molecule has 0 fully saturated rings. The number of hydrogen-bond donors (Lipinski definition) is 3. The quantitative estimate of drug-likeness (QED) is 0.251. The summed E-state index contributed by atoms with van der Waals surface area (Å²) in [6.45, 7) is 8.72. The van der Waals surface area contributed by atoms with Gasteiger partial charge in [-0.25, -0.2) is 0 Å². The predicted molar refractivity (Wildman–Crippen MR) is 188 cm³/mol. The van der Waals surface area contributed by atoms with Gasteiger partial charge in [-0.05, 0) is 74.6 Å². The number of alkyl halides is 3. The Balaban J connectivity index is 1.56. The molecule has 6 bridgehead atoms. The van der Waals surface area contributed by atoms with Gasteiger partial charge in [0.2, 0.25) is 17.8 Å². The second-order valence-corrected chi connectivity index (χ2v) is 14.3. The molecule has 13 nitrogen and oxygen atoms in total. The Morgan fingerprint density at radius 3 is 2.38 bits per heavy atom. The van der Waals surface area contributed by atoms with E-state index in [2.05, 4.69) is 30.9 Å². The summed E-state index contributed by atoms with van der Waals surface area (Å²) in [7, 11) is 0. The van der Waals surface area contributed by atoms with Crippen LogP contribution in [0.3, 0.4) is 0 Å². The van der Waals surface area contributed by atoms with Gasteiger partial charge < -0.3 is 35.1 Å². The van der Waals surface area contributed by atoms with E-state index in [1.807, 2.05) is 13.8 Å². The van der Waals surface area contributed by atoms with E-state index in [1.165, 1.54) is 0 Å². The number of ether oxygens (including phenoxy) is 3. The second kappa shape index (κ2) is 17.1. The number of hydrogen-bond acceptors (Lipinski definition) is 11. The monoisotopic (exact) mass is 749 g/mol. The number of rotatable bonds is 5. The van der Waals surface area contributed by atoms with E-state index in [4.69, 9.17) is 25.8 Å². The van der Waals surface area contributed by atoms with Crippen LogP contribution in [0.2, 0.25) is 5.02 Å². The zero-order valence-electron chi connectivity index (χ0n) is 29.7.